The molecule has 0 aliphatic carbocycles. The monoisotopic (exact) mass is 423 g/mol. The van der Waals surface area contributed by atoms with E-state index in [4.69, 9.17) is 4.74 Å². The maximum Gasteiger partial charge on any atom is 0.292 e. The van der Waals surface area contributed by atoms with Gasteiger partial charge in [0.05, 0.1) is 12.1 Å². The molecule has 1 amide bonds. The van der Waals surface area contributed by atoms with E-state index in [1.165, 1.54) is 17.5 Å². The van der Waals surface area contributed by atoms with E-state index in [0.717, 1.165) is 57.7 Å². The smallest absolute Gasteiger partial charge is 0.292 e. The number of nitrogens with zero attached hydrogens (tertiary/aromatic N) is 5. The topological polar surface area (TPSA) is 63.5 Å². The number of hydrogen-bond acceptors (Lipinski definition) is 5. The number of ether oxygens (including phenoxy) is 1. The van der Waals surface area contributed by atoms with Crippen LogP contribution >= 0.6 is 0 Å². The van der Waals surface area contributed by atoms with E-state index in [-0.39, 0.29) is 17.5 Å². The normalized spacial score (nSPS) is 23.7. The van der Waals surface area contributed by atoms with Gasteiger partial charge in [0.15, 0.2) is 5.82 Å². The van der Waals surface area contributed by atoms with E-state index < -0.39 is 0 Å². The van der Waals surface area contributed by atoms with Gasteiger partial charge < -0.3 is 9.64 Å². The van der Waals surface area contributed by atoms with E-state index in [0.29, 0.717) is 19.0 Å². The van der Waals surface area contributed by atoms with Crippen LogP contribution in [0.2, 0.25) is 0 Å². The molecule has 1 aromatic carbocycles. The maximum atomic E-state index is 13.5. The van der Waals surface area contributed by atoms with E-state index in [1.807, 2.05) is 4.90 Å². The van der Waals surface area contributed by atoms with Gasteiger partial charge in [0.1, 0.15) is 6.61 Å². The van der Waals surface area contributed by atoms with Crippen molar-refractivity contribution in [1.29, 1.82) is 0 Å². The Morgan fingerprint density at radius 3 is 2.65 bits per heavy atom. The predicted molar refractivity (Wildman–Crippen MR) is 118 cm³/mol. The van der Waals surface area contributed by atoms with Gasteiger partial charge in [0.25, 0.3) is 5.91 Å². The van der Waals surface area contributed by atoms with Crippen molar-refractivity contribution in [3.05, 3.63) is 47.0 Å². The first-order valence-electron chi connectivity index (χ1n) is 11.7. The molecule has 5 rings (SSSR count). The SMILES string of the molecule is Cc1ccc(CN2CCC3(CC2)COCc2nnc(C(=O)N4CCCCC4C)n23)cc1. The van der Waals surface area contributed by atoms with Gasteiger partial charge in [-0.3, -0.25) is 14.3 Å². The van der Waals surface area contributed by atoms with E-state index in [9.17, 15) is 4.79 Å². The summed E-state index contributed by atoms with van der Waals surface area (Å²) < 4.78 is 8.11. The fraction of sp³-hybridized carbons (Fsp3) is 0.625. The largest absolute Gasteiger partial charge is 0.371 e. The van der Waals surface area contributed by atoms with E-state index >= 15 is 0 Å². The molecule has 1 atom stereocenters. The summed E-state index contributed by atoms with van der Waals surface area (Å²) in [6, 6.07) is 9.06. The number of aromatic nitrogens is 3. The van der Waals surface area contributed by atoms with E-state index in [1.54, 1.807) is 0 Å². The molecule has 0 N–H and O–H groups in total. The molecular formula is C24H33N5O2. The predicted octanol–water partition coefficient (Wildman–Crippen LogP) is 3.12. The van der Waals surface area contributed by atoms with Gasteiger partial charge >= 0.3 is 0 Å². The molecule has 166 valence electrons. The number of likely N-dealkylation sites (tertiary alicyclic amines) is 2. The van der Waals surface area contributed by atoms with Crippen molar-refractivity contribution in [2.45, 2.75) is 70.7 Å². The lowest BCUT2D eigenvalue weighted by Crippen LogP contribution is -2.53. The van der Waals surface area contributed by atoms with Gasteiger partial charge in [0.2, 0.25) is 5.82 Å². The lowest BCUT2D eigenvalue weighted by molar-refractivity contribution is -0.0341. The second-order valence-electron chi connectivity index (χ2n) is 9.60. The number of benzene rings is 1. The fourth-order valence-corrected chi connectivity index (χ4v) is 5.42. The highest BCUT2D eigenvalue weighted by molar-refractivity contribution is 5.91. The van der Waals surface area contributed by atoms with Crippen molar-refractivity contribution in [3.63, 3.8) is 0 Å². The molecule has 0 bridgehead atoms. The summed E-state index contributed by atoms with van der Waals surface area (Å²) in [5.41, 5.74) is 2.42. The van der Waals surface area contributed by atoms with Gasteiger partial charge in [-0.1, -0.05) is 29.8 Å². The van der Waals surface area contributed by atoms with Crippen molar-refractivity contribution in [2.75, 3.05) is 26.2 Å². The zero-order valence-corrected chi connectivity index (χ0v) is 18.7. The van der Waals surface area contributed by atoms with Gasteiger partial charge in [-0.25, -0.2) is 0 Å². The minimum absolute atomic E-state index is 0.0364. The molecule has 7 nitrogen and oxygen atoms in total. The number of amides is 1. The molecule has 2 fully saturated rings. The highest BCUT2D eigenvalue weighted by Gasteiger charge is 2.44. The average Bonchev–Trinajstić information content (AvgIpc) is 3.23. The van der Waals surface area contributed by atoms with Crippen LogP contribution in [0.1, 0.15) is 66.6 Å². The Balaban J connectivity index is 1.35. The van der Waals surface area contributed by atoms with Crippen molar-refractivity contribution in [1.82, 2.24) is 24.6 Å². The maximum absolute atomic E-state index is 13.5. The summed E-state index contributed by atoms with van der Waals surface area (Å²) in [7, 11) is 0. The van der Waals surface area contributed by atoms with Gasteiger partial charge in [0, 0.05) is 32.2 Å². The van der Waals surface area contributed by atoms with Crippen LogP contribution < -0.4 is 0 Å². The summed E-state index contributed by atoms with van der Waals surface area (Å²) in [5.74, 6) is 1.35. The van der Waals surface area contributed by atoms with Crippen LogP contribution in [0.4, 0.5) is 0 Å². The number of fused-ring (bicyclic) bond motifs is 2. The van der Waals surface area contributed by atoms with Crippen molar-refractivity contribution < 1.29 is 9.53 Å². The number of piperidine rings is 2. The highest BCUT2D eigenvalue weighted by Crippen LogP contribution is 2.37. The van der Waals surface area contributed by atoms with Crippen molar-refractivity contribution in [3.8, 4) is 0 Å². The Labute approximate surface area is 184 Å². The summed E-state index contributed by atoms with van der Waals surface area (Å²) in [4.78, 5) is 18.0. The first-order chi connectivity index (χ1) is 15.1. The summed E-state index contributed by atoms with van der Waals surface area (Å²) in [6.45, 7) is 9.06. The third-order valence-corrected chi connectivity index (χ3v) is 7.37. The van der Waals surface area contributed by atoms with Crippen molar-refractivity contribution in [2.24, 2.45) is 0 Å². The molecule has 1 unspecified atom stereocenters. The average molecular weight is 424 g/mol. The first-order valence-corrected chi connectivity index (χ1v) is 11.7. The molecule has 31 heavy (non-hydrogen) atoms. The molecule has 2 aromatic rings. The molecule has 1 aromatic heterocycles. The van der Waals surface area contributed by atoms with Crippen molar-refractivity contribution >= 4 is 5.91 Å². The quantitative estimate of drug-likeness (QED) is 0.759. The Morgan fingerprint density at radius 2 is 1.90 bits per heavy atom. The van der Waals surface area contributed by atoms with Gasteiger partial charge in [-0.2, -0.15) is 0 Å². The lowest BCUT2D eigenvalue weighted by atomic mass is 9.86. The lowest BCUT2D eigenvalue weighted by Gasteiger charge is -2.45. The number of rotatable bonds is 3. The number of carbonyl (C=O) groups excluding carboxylic acids is 1. The highest BCUT2D eigenvalue weighted by atomic mass is 16.5. The molecule has 4 heterocycles. The molecule has 3 aliphatic rings. The molecule has 1 spiro atoms. The summed E-state index contributed by atoms with van der Waals surface area (Å²) in [6.07, 6.45) is 5.21. The zero-order valence-electron chi connectivity index (χ0n) is 18.7. The molecule has 3 aliphatic heterocycles. The van der Waals surface area contributed by atoms with Gasteiger partial charge in [-0.05, 0) is 51.5 Å². The minimum Gasteiger partial charge on any atom is -0.371 e. The van der Waals surface area contributed by atoms with Crippen LogP contribution in [-0.4, -0.2) is 62.8 Å². The van der Waals surface area contributed by atoms with Gasteiger partial charge in [-0.15, -0.1) is 10.2 Å². The molecular weight excluding hydrogens is 390 g/mol. The Morgan fingerprint density at radius 1 is 1.13 bits per heavy atom. The summed E-state index contributed by atoms with van der Waals surface area (Å²) >= 11 is 0. The van der Waals surface area contributed by atoms with Crippen LogP contribution in [0.15, 0.2) is 24.3 Å². The molecule has 2 saturated heterocycles. The third kappa shape index (κ3) is 3.89. The molecule has 7 heteroatoms. The standard InChI is InChI=1S/C24H33N5O2/c1-18-6-8-20(9-7-18)15-27-13-10-24(11-14-27)17-31-16-21-25-26-22(29(21)24)23(30)28-12-4-3-5-19(28)2/h6-9,19H,3-5,10-17H2,1-2H3. The first kappa shape index (κ1) is 20.6. The Hall–Kier alpha value is -2.25. The van der Waals surface area contributed by atoms with Crippen LogP contribution in [0, 0.1) is 6.92 Å². The van der Waals surface area contributed by atoms with Crippen LogP contribution in [0.5, 0.6) is 0 Å². The van der Waals surface area contributed by atoms with Crippen LogP contribution in [-0.2, 0) is 23.4 Å². The number of aryl methyl sites for hydroxylation is 1. The Kier molecular flexibility index (Phi) is 5.56. The van der Waals surface area contributed by atoms with Crippen LogP contribution in [0.25, 0.3) is 0 Å². The third-order valence-electron chi connectivity index (χ3n) is 7.37. The molecule has 0 saturated carbocycles. The fourth-order valence-electron chi connectivity index (χ4n) is 5.42. The Bertz CT molecular complexity index is 930. The second kappa shape index (κ2) is 8.36. The summed E-state index contributed by atoms with van der Waals surface area (Å²) in [5, 5.41) is 8.75. The zero-order chi connectivity index (χ0) is 21.4. The minimum atomic E-state index is -0.217. The molecule has 0 radical (unpaired) electrons. The second-order valence-corrected chi connectivity index (χ2v) is 9.60. The number of carbonyl (C=O) groups is 1. The van der Waals surface area contributed by atoms with E-state index in [2.05, 4.69) is 57.8 Å². The number of hydrogen-bond donors (Lipinski definition) is 0. The van der Waals surface area contributed by atoms with Crippen LogP contribution in [0.3, 0.4) is 0 Å².